The Labute approximate surface area is 109 Å². The summed E-state index contributed by atoms with van der Waals surface area (Å²) >= 11 is 11.1. The highest BCUT2D eigenvalue weighted by molar-refractivity contribution is 9.10. The van der Waals surface area contributed by atoms with Crippen molar-refractivity contribution in [1.82, 2.24) is 0 Å². The molecule has 0 amide bonds. The van der Waals surface area contributed by atoms with Crippen molar-refractivity contribution in [2.24, 2.45) is 0 Å². The van der Waals surface area contributed by atoms with Gasteiger partial charge in [-0.15, -0.1) is 11.6 Å². The molecule has 1 nitrogen and oxygen atoms in total. The van der Waals surface area contributed by atoms with Crippen molar-refractivity contribution >= 4 is 39.3 Å². The zero-order valence-electron chi connectivity index (χ0n) is 8.85. The molecule has 0 aliphatic heterocycles. The van der Waals surface area contributed by atoms with Crippen LogP contribution < -0.4 is 4.74 Å². The summed E-state index contributed by atoms with van der Waals surface area (Å²) in [6.45, 7) is 2.77. The zero-order chi connectivity index (χ0) is 11.3. The number of thioether (sulfide) groups is 1. The van der Waals surface area contributed by atoms with E-state index in [1.54, 1.807) is 11.8 Å². The standard InChI is InChI=1S/C11H14BrClOS/c1-8-5-10(12)6-9(7-13)11(8)14-3-4-15-2/h5-6H,3-4,7H2,1-2H3. The Morgan fingerprint density at radius 1 is 1.47 bits per heavy atom. The van der Waals surface area contributed by atoms with Gasteiger partial charge >= 0.3 is 0 Å². The SMILES string of the molecule is CSCCOc1c(C)cc(Br)cc1CCl. The maximum Gasteiger partial charge on any atom is 0.126 e. The average Bonchev–Trinajstić information content (AvgIpc) is 2.20. The number of hydrogen-bond acceptors (Lipinski definition) is 2. The summed E-state index contributed by atoms with van der Waals surface area (Å²) in [6.07, 6.45) is 2.07. The summed E-state index contributed by atoms with van der Waals surface area (Å²) in [6, 6.07) is 4.05. The third kappa shape index (κ3) is 3.89. The van der Waals surface area contributed by atoms with E-state index < -0.39 is 0 Å². The average molecular weight is 310 g/mol. The van der Waals surface area contributed by atoms with Gasteiger partial charge in [-0.1, -0.05) is 15.9 Å². The van der Waals surface area contributed by atoms with Gasteiger partial charge in [-0.3, -0.25) is 0 Å². The van der Waals surface area contributed by atoms with Gasteiger partial charge in [0.1, 0.15) is 5.75 Å². The van der Waals surface area contributed by atoms with E-state index in [9.17, 15) is 0 Å². The normalized spacial score (nSPS) is 10.4. The molecule has 0 heterocycles. The van der Waals surface area contributed by atoms with Crippen LogP contribution in [0.5, 0.6) is 5.75 Å². The second-order valence-electron chi connectivity index (χ2n) is 3.19. The minimum absolute atomic E-state index is 0.481. The Balaban J connectivity index is 2.84. The Morgan fingerprint density at radius 2 is 2.20 bits per heavy atom. The molecule has 1 aromatic carbocycles. The molecule has 0 saturated carbocycles. The molecule has 0 atom stereocenters. The lowest BCUT2D eigenvalue weighted by molar-refractivity contribution is 0.339. The lowest BCUT2D eigenvalue weighted by Gasteiger charge is -2.13. The summed E-state index contributed by atoms with van der Waals surface area (Å²) in [4.78, 5) is 0. The second kappa shape index (κ2) is 6.66. The van der Waals surface area contributed by atoms with E-state index in [1.165, 1.54) is 0 Å². The summed E-state index contributed by atoms with van der Waals surface area (Å²) in [7, 11) is 0. The first kappa shape index (κ1) is 13.2. The second-order valence-corrected chi connectivity index (χ2v) is 5.35. The Kier molecular flexibility index (Phi) is 5.87. The molecular formula is C11H14BrClOS. The van der Waals surface area contributed by atoms with Gasteiger partial charge in [-0.25, -0.2) is 0 Å². The van der Waals surface area contributed by atoms with Crippen molar-refractivity contribution < 1.29 is 4.74 Å². The van der Waals surface area contributed by atoms with E-state index >= 15 is 0 Å². The van der Waals surface area contributed by atoms with Crippen molar-refractivity contribution in [3.05, 3.63) is 27.7 Å². The topological polar surface area (TPSA) is 9.23 Å². The molecule has 0 unspecified atom stereocenters. The Bertz CT molecular complexity index is 331. The molecule has 0 aliphatic carbocycles. The van der Waals surface area contributed by atoms with Crippen LogP contribution in [0.15, 0.2) is 16.6 Å². The van der Waals surface area contributed by atoms with Crippen LogP contribution in [0.2, 0.25) is 0 Å². The molecule has 0 radical (unpaired) electrons. The molecule has 0 saturated heterocycles. The van der Waals surface area contributed by atoms with Crippen LogP contribution in [0.3, 0.4) is 0 Å². The van der Waals surface area contributed by atoms with Crippen molar-refractivity contribution in [3.8, 4) is 5.75 Å². The van der Waals surface area contributed by atoms with Crippen LogP contribution >= 0.6 is 39.3 Å². The maximum absolute atomic E-state index is 5.88. The molecule has 0 spiro atoms. The minimum Gasteiger partial charge on any atom is -0.492 e. The van der Waals surface area contributed by atoms with Crippen LogP contribution in [-0.4, -0.2) is 18.6 Å². The first-order valence-electron chi connectivity index (χ1n) is 4.65. The van der Waals surface area contributed by atoms with E-state index in [4.69, 9.17) is 16.3 Å². The van der Waals surface area contributed by atoms with Crippen molar-refractivity contribution in [3.63, 3.8) is 0 Å². The molecule has 0 aliphatic rings. The van der Waals surface area contributed by atoms with E-state index in [2.05, 4.69) is 22.2 Å². The molecule has 1 rings (SSSR count). The monoisotopic (exact) mass is 308 g/mol. The van der Waals surface area contributed by atoms with Gasteiger partial charge in [0.15, 0.2) is 0 Å². The van der Waals surface area contributed by atoms with Gasteiger partial charge in [-0.2, -0.15) is 11.8 Å². The van der Waals surface area contributed by atoms with Gasteiger partial charge in [0, 0.05) is 15.8 Å². The highest BCUT2D eigenvalue weighted by Gasteiger charge is 2.07. The largest absolute Gasteiger partial charge is 0.492 e. The first-order valence-corrected chi connectivity index (χ1v) is 7.38. The van der Waals surface area contributed by atoms with E-state index in [0.717, 1.165) is 33.7 Å². The highest BCUT2D eigenvalue weighted by atomic mass is 79.9. The van der Waals surface area contributed by atoms with Crippen LogP contribution in [0, 0.1) is 6.92 Å². The first-order chi connectivity index (χ1) is 7.19. The number of hydrogen-bond donors (Lipinski definition) is 0. The molecule has 0 N–H and O–H groups in total. The van der Waals surface area contributed by atoms with Crippen LogP contribution in [0.25, 0.3) is 0 Å². The molecule has 4 heteroatoms. The van der Waals surface area contributed by atoms with E-state index in [1.807, 2.05) is 19.1 Å². The number of benzene rings is 1. The molecule has 0 aromatic heterocycles. The molecule has 84 valence electrons. The summed E-state index contributed by atoms with van der Waals surface area (Å²) < 4.78 is 6.78. The lowest BCUT2D eigenvalue weighted by Crippen LogP contribution is -2.03. The third-order valence-electron chi connectivity index (χ3n) is 1.99. The maximum atomic E-state index is 5.88. The van der Waals surface area contributed by atoms with Crippen molar-refractivity contribution in [2.75, 3.05) is 18.6 Å². The predicted octanol–water partition coefficient (Wildman–Crippen LogP) is 4.24. The molecular weight excluding hydrogens is 296 g/mol. The number of rotatable bonds is 5. The summed E-state index contributed by atoms with van der Waals surface area (Å²) in [5, 5.41) is 0. The quantitative estimate of drug-likeness (QED) is 0.594. The van der Waals surface area contributed by atoms with Crippen LogP contribution in [0.1, 0.15) is 11.1 Å². The fraction of sp³-hybridized carbons (Fsp3) is 0.455. The summed E-state index contributed by atoms with van der Waals surface area (Å²) in [5.74, 6) is 2.41. The number of aryl methyl sites for hydroxylation is 1. The molecule has 1 aromatic rings. The number of alkyl halides is 1. The van der Waals surface area contributed by atoms with Crippen LogP contribution in [-0.2, 0) is 5.88 Å². The minimum atomic E-state index is 0.481. The highest BCUT2D eigenvalue weighted by Crippen LogP contribution is 2.29. The van der Waals surface area contributed by atoms with Gasteiger partial charge in [0.2, 0.25) is 0 Å². The molecule has 0 fully saturated rings. The van der Waals surface area contributed by atoms with E-state index in [-0.39, 0.29) is 0 Å². The van der Waals surface area contributed by atoms with Crippen LogP contribution in [0.4, 0.5) is 0 Å². The van der Waals surface area contributed by atoms with Gasteiger partial charge in [-0.05, 0) is 30.9 Å². The van der Waals surface area contributed by atoms with Gasteiger partial charge in [0.05, 0.1) is 12.5 Å². The zero-order valence-corrected chi connectivity index (χ0v) is 12.0. The Morgan fingerprint density at radius 3 is 2.80 bits per heavy atom. The lowest BCUT2D eigenvalue weighted by atomic mass is 10.1. The number of halogens is 2. The Hall–Kier alpha value is 0.140. The summed E-state index contributed by atoms with van der Waals surface area (Å²) in [5.41, 5.74) is 2.17. The number of ether oxygens (including phenoxy) is 1. The van der Waals surface area contributed by atoms with Crippen molar-refractivity contribution in [2.45, 2.75) is 12.8 Å². The van der Waals surface area contributed by atoms with Gasteiger partial charge < -0.3 is 4.74 Å². The van der Waals surface area contributed by atoms with Gasteiger partial charge in [0.25, 0.3) is 0 Å². The molecule has 15 heavy (non-hydrogen) atoms. The molecule has 0 bridgehead atoms. The third-order valence-corrected chi connectivity index (χ3v) is 3.31. The fourth-order valence-corrected chi connectivity index (χ4v) is 2.40. The smallest absolute Gasteiger partial charge is 0.126 e. The fourth-order valence-electron chi connectivity index (χ4n) is 1.33. The van der Waals surface area contributed by atoms with E-state index in [0.29, 0.717) is 5.88 Å². The van der Waals surface area contributed by atoms with Crippen molar-refractivity contribution in [1.29, 1.82) is 0 Å². The predicted molar refractivity (Wildman–Crippen MR) is 72.3 cm³/mol.